The fraction of sp³-hybridized carbons (Fsp3) is 0.938. The molecule has 1 rings (SSSR count). The molecular weight excluding hydrogens is 268 g/mol. The number of hydrogen-bond acceptors (Lipinski definition) is 4. The Morgan fingerprint density at radius 3 is 2.52 bits per heavy atom. The molecule has 0 bridgehead atoms. The molecule has 124 valence electrons. The number of nitrogens with one attached hydrogen (secondary N) is 1. The Morgan fingerprint density at radius 2 is 2.00 bits per heavy atom. The summed E-state index contributed by atoms with van der Waals surface area (Å²) in [5, 5.41) is 23.2. The summed E-state index contributed by atoms with van der Waals surface area (Å²) in [4.78, 5) is 11.8. The van der Waals surface area contributed by atoms with E-state index in [-0.39, 0.29) is 18.9 Å². The molecule has 0 heterocycles. The normalized spacial score (nSPS) is 48.8. The average Bonchev–Trinajstić information content (AvgIpc) is 2.61. The molecule has 1 aliphatic carbocycles. The number of hydrogen-bond donors (Lipinski definition) is 4. The summed E-state index contributed by atoms with van der Waals surface area (Å²) in [6.45, 7) is 3.32. The molecule has 0 radical (unpaired) electrons. The van der Waals surface area contributed by atoms with Gasteiger partial charge in [-0.05, 0) is 24.7 Å². The van der Waals surface area contributed by atoms with Crippen LogP contribution in [0.15, 0.2) is 0 Å². The highest BCUT2D eigenvalue weighted by atomic mass is 16.3. The van der Waals surface area contributed by atoms with Gasteiger partial charge < -0.3 is 21.3 Å². The molecule has 0 saturated heterocycles. The lowest BCUT2D eigenvalue weighted by Gasteiger charge is -2.32. The van der Waals surface area contributed by atoms with Crippen LogP contribution < -0.4 is 11.1 Å². The molecule has 0 spiro atoms. The Balaban J connectivity index is 3.12. The minimum atomic E-state index is -1.96. The SMILES string of the molecule is [3H]C1C([3H])C([3H])C([3H])(C[C@H](NC(=O)CN)[C@@H](O)[C@@H](O)CC(C)C)C([3H])C1[3H]. The van der Waals surface area contributed by atoms with Gasteiger partial charge in [0.15, 0.2) is 0 Å². The summed E-state index contributed by atoms with van der Waals surface area (Å²) < 4.78 is 48.7. The van der Waals surface area contributed by atoms with Crippen molar-refractivity contribution in [1.82, 2.24) is 5.32 Å². The fourth-order valence-corrected chi connectivity index (χ4v) is 2.28. The van der Waals surface area contributed by atoms with Gasteiger partial charge in [-0.3, -0.25) is 4.79 Å². The van der Waals surface area contributed by atoms with Gasteiger partial charge in [-0.1, -0.05) is 45.8 Å². The van der Waals surface area contributed by atoms with E-state index < -0.39 is 68.5 Å². The number of rotatable bonds is 8. The average molecular weight is 312 g/mol. The molecule has 5 heteroatoms. The van der Waals surface area contributed by atoms with E-state index in [1.54, 1.807) is 0 Å². The molecule has 1 fully saturated rings. The Morgan fingerprint density at radius 1 is 1.38 bits per heavy atom. The van der Waals surface area contributed by atoms with Gasteiger partial charge in [-0.2, -0.15) is 0 Å². The highest BCUT2D eigenvalue weighted by molar-refractivity contribution is 5.78. The smallest absolute Gasteiger partial charge is 0.234 e. The van der Waals surface area contributed by atoms with Crippen molar-refractivity contribution in [3.63, 3.8) is 0 Å². The molecule has 5 nitrogen and oxygen atoms in total. The van der Waals surface area contributed by atoms with Crippen LogP contribution in [0.3, 0.4) is 0 Å². The molecule has 21 heavy (non-hydrogen) atoms. The van der Waals surface area contributed by atoms with Gasteiger partial charge in [0.1, 0.15) is 6.10 Å². The van der Waals surface area contributed by atoms with Crippen molar-refractivity contribution < 1.29 is 23.2 Å². The van der Waals surface area contributed by atoms with Crippen molar-refractivity contribution >= 4 is 5.91 Å². The van der Waals surface area contributed by atoms with E-state index >= 15 is 0 Å². The highest BCUT2D eigenvalue weighted by Crippen LogP contribution is 2.28. The summed E-state index contributed by atoms with van der Waals surface area (Å²) in [5.41, 5.74) is 5.30. The van der Waals surface area contributed by atoms with E-state index in [4.69, 9.17) is 14.0 Å². The van der Waals surface area contributed by atoms with Crippen molar-refractivity contribution in [1.29, 1.82) is 0 Å². The first kappa shape index (κ1) is 11.0. The molecule has 1 saturated carbocycles. The second-order valence-corrected chi connectivity index (χ2v) is 5.76. The molecule has 0 aromatic heterocycles. The topological polar surface area (TPSA) is 95.6 Å². The van der Waals surface area contributed by atoms with Gasteiger partial charge in [-0.25, -0.2) is 0 Å². The molecule has 0 aromatic rings. The summed E-state index contributed by atoms with van der Waals surface area (Å²) in [7, 11) is 0. The minimum absolute atomic E-state index is 0.0623. The minimum Gasteiger partial charge on any atom is -0.390 e. The number of nitrogens with two attached hydrogens (primary N) is 1. The van der Waals surface area contributed by atoms with E-state index in [1.165, 1.54) is 0 Å². The lowest BCUT2D eigenvalue weighted by molar-refractivity contribution is -0.122. The van der Waals surface area contributed by atoms with Crippen molar-refractivity contribution in [2.24, 2.45) is 17.5 Å². The molecule has 4 unspecified atom stereocenters. The maximum atomic E-state index is 11.8. The standard InChI is InChI=1S/C16H32N2O3/c1-11(2)8-14(19)16(21)13(18-15(20)10-17)9-12-6-4-3-5-7-12/h11-14,16,19,21H,3-10,17H2,1-2H3,(H,18,20)/t13-,14-,16+/m0/s1/i3T,4T,5T,6T,7T,12T/t3?,4?,5?,6?,7?,12?,13-,14-,16+. The molecule has 0 aromatic carbocycles. The summed E-state index contributed by atoms with van der Waals surface area (Å²) in [5.74, 6) is -2.52. The van der Waals surface area contributed by atoms with Crippen molar-refractivity contribution in [3.8, 4) is 0 Å². The van der Waals surface area contributed by atoms with Crippen LogP contribution in [-0.4, -0.2) is 40.9 Å². The largest absolute Gasteiger partial charge is 0.390 e. The van der Waals surface area contributed by atoms with Crippen LogP contribution in [0.2, 0.25) is 0 Å². The molecular formula is C16H32N2O3. The lowest BCUT2D eigenvalue weighted by Crippen LogP contribution is -2.51. The fourth-order valence-electron chi connectivity index (χ4n) is 2.28. The van der Waals surface area contributed by atoms with Crippen LogP contribution in [0.4, 0.5) is 0 Å². The second-order valence-electron chi connectivity index (χ2n) is 5.76. The van der Waals surface area contributed by atoms with Crippen LogP contribution in [0.5, 0.6) is 0 Å². The van der Waals surface area contributed by atoms with Crippen LogP contribution in [0.25, 0.3) is 0 Å². The Labute approximate surface area is 136 Å². The maximum Gasteiger partial charge on any atom is 0.234 e. The zero-order chi connectivity index (χ0) is 21.1. The Kier molecular flexibility index (Phi) is 4.90. The molecule has 5 N–H and O–H groups in total. The van der Waals surface area contributed by atoms with Gasteiger partial charge in [0, 0.05) is 8.22 Å². The highest BCUT2D eigenvalue weighted by Gasteiger charge is 2.30. The van der Waals surface area contributed by atoms with Crippen molar-refractivity contribution in [2.75, 3.05) is 6.54 Å². The molecule has 0 aliphatic heterocycles. The van der Waals surface area contributed by atoms with Gasteiger partial charge in [0.2, 0.25) is 5.91 Å². The van der Waals surface area contributed by atoms with Crippen LogP contribution in [-0.2, 0) is 4.79 Å². The van der Waals surface area contributed by atoms with E-state index in [0.29, 0.717) is 0 Å². The predicted molar refractivity (Wildman–Crippen MR) is 83.6 cm³/mol. The van der Waals surface area contributed by atoms with Crippen molar-refractivity contribution in [3.05, 3.63) is 0 Å². The van der Waals surface area contributed by atoms with Gasteiger partial charge in [0.25, 0.3) is 0 Å². The van der Waals surface area contributed by atoms with Gasteiger partial charge in [0.05, 0.1) is 18.7 Å². The third-order valence-electron chi connectivity index (χ3n) is 3.35. The van der Waals surface area contributed by atoms with Gasteiger partial charge >= 0.3 is 0 Å². The molecule has 1 amide bonds. The summed E-state index contributed by atoms with van der Waals surface area (Å²) in [6.07, 6.45) is -9.71. The van der Waals surface area contributed by atoms with E-state index in [2.05, 4.69) is 5.32 Å². The lowest BCUT2D eigenvalue weighted by atomic mass is 9.82. The van der Waals surface area contributed by atoms with Crippen molar-refractivity contribution in [2.45, 2.75) is 76.9 Å². The first-order chi connectivity index (χ1) is 12.4. The van der Waals surface area contributed by atoms with E-state index in [0.717, 1.165) is 0 Å². The predicted octanol–water partition coefficient (Wildman–Crippen LogP) is 1.17. The Hall–Kier alpha value is -0.650. The zero-order valence-electron chi connectivity index (χ0n) is 18.7. The first-order valence-corrected chi connectivity index (χ1v) is 7.33. The zero-order valence-corrected chi connectivity index (χ0v) is 12.7. The molecule has 1 aliphatic rings. The maximum absolute atomic E-state index is 11.8. The quantitative estimate of drug-likeness (QED) is 0.541. The van der Waals surface area contributed by atoms with Crippen LogP contribution in [0, 0.1) is 11.8 Å². The number of aliphatic hydroxyl groups excluding tert-OH is 2. The summed E-state index contributed by atoms with van der Waals surface area (Å²) >= 11 is 0. The third-order valence-corrected chi connectivity index (χ3v) is 3.35. The number of carbonyl (C=O) groups is 1. The summed E-state index contributed by atoms with van der Waals surface area (Å²) in [6, 6.07) is -1.16. The third kappa shape index (κ3) is 6.76. The van der Waals surface area contributed by atoms with E-state index in [9.17, 15) is 15.0 Å². The van der Waals surface area contributed by atoms with Gasteiger partial charge in [-0.15, -0.1) is 0 Å². The second kappa shape index (κ2) is 9.38. The Bertz CT molecular complexity index is 485. The van der Waals surface area contributed by atoms with Crippen LogP contribution >= 0.6 is 0 Å². The number of carbonyl (C=O) groups excluding carboxylic acids is 1. The monoisotopic (exact) mass is 312 g/mol. The first-order valence-electron chi connectivity index (χ1n) is 10.7. The number of amides is 1. The molecule has 7 atom stereocenters. The van der Waals surface area contributed by atoms with Crippen LogP contribution in [0.1, 0.15) is 66.9 Å². The number of aliphatic hydroxyl groups is 2. The van der Waals surface area contributed by atoms with E-state index in [1.807, 2.05) is 13.8 Å².